The van der Waals surface area contributed by atoms with Gasteiger partial charge >= 0.3 is 0 Å². The van der Waals surface area contributed by atoms with E-state index in [4.69, 9.17) is 4.74 Å². The number of nitrogens with zero attached hydrogens (tertiary/aromatic N) is 1. The maximum Gasteiger partial charge on any atom is 0.158 e. The Kier molecular flexibility index (Phi) is 7.01. The Balaban J connectivity index is 0.961. The maximum atomic E-state index is 6.76. The summed E-state index contributed by atoms with van der Waals surface area (Å²) in [4.78, 5) is 1.24. The molecule has 0 amide bonds. The van der Waals surface area contributed by atoms with Crippen molar-refractivity contribution in [3.05, 3.63) is 206 Å². The molecule has 1 atom stereocenters. The average molecular weight is 728 g/mol. The molecule has 12 rings (SSSR count). The molecule has 1 aromatic heterocycles. The summed E-state index contributed by atoms with van der Waals surface area (Å²) in [7, 11) is 0. The van der Waals surface area contributed by atoms with Gasteiger partial charge in [-0.1, -0.05) is 140 Å². The third kappa shape index (κ3) is 4.96. The fourth-order valence-electron chi connectivity index (χ4n) is 9.28. The van der Waals surface area contributed by atoms with Crippen molar-refractivity contribution in [3.8, 4) is 72.8 Å². The lowest BCUT2D eigenvalue weighted by Gasteiger charge is -2.22. The van der Waals surface area contributed by atoms with Gasteiger partial charge in [0.2, 0.25) is 0 Å². The zero-order chi connectivity index (χ0) is 37.5. The van der Waals surface area contributed by atoms with Gasteiger partial charge in [-0.15, -0.1) is 0 Å². The molecule has 0 spiro atoms. The Morgan fingerprint density at radius 3 is 1.65 bits per heavy atom. The van der Waals surface area contributed by atoms with E-state index >= 15 is 0 Å². The molecule has 0 fully saturated rings. The summed E-state index contributed by atoms with van der Waals surface area (Å²) in [5.74, 6) is 1.76. The highest BCUT2D eigenvalue weighted by Crippen LogP contribution is 2.53. The van der Waals surface area contributed by atoms with Gasteiger partial charge in [-0.25, -0.2) is 4.90 Å². The molecule has 10 aromatic rings. The number of ether oxygens (including phenoxy) is 1. The number of hydrogen-bond acceptors (Lipinski definition) is 1. The summed E-state index contributed by atoms with van der Waals surface area (Å²) in [6.07, 6.45) is 0. The number of fused-ring (bicyclic) bond motifs is 9. The highest BCUT2D eigenvalue weighted by Gasteiger charge is 2.39. The molecule has 266 valence electrons. The highest BCUT2D eigenvalue weighted by atomic mass is 16.5. The molecule has 0 aliphatic carbocycles. The van der Waals surface area contributed by atoms with Gasteiger partial charge in [0.25, 0.3) is 0 Å². The van der Waals surface area contributed by atoms with Crippen molar-refractivity contribution in [3.63, 3.8) is 0 Å². The minimum absolute atomic E-state index is 0.873. The molecule has 1 unspecified atom stereocenters. The Labute approximate surface area is 330 Å². The average Bonchev–Trinajstić information content (AvgIpc) is 3.81. The van der Waals surface area contributed by atoms with E-state index in [0.717, 1.165) is 22.7 Å². The van der Waals surface area contributed by atoms with Crippen molar-refractivity contribution < 1.29 is 9.64 Å². The number of rotatable bonds is 5. The zero-order valence-electron chi connectivity index (χ0n) is 31.0. The summed E-state index contributed by atoms with van der Waals surface area (Å²) in [5.41, 5.74) is 19.2. The van der Waals surface area contributed by atoms with Gasteiger partial charge < -0.3 is 9.30 Å². The van der Waals surface area contributed by atoms with Crippen LogP contribution in [0.4, 0.5) is 17.1 Å². The van der Waals surface area contributed by atoms with Crippen LogP contribution < -0.4 is 9.64 Å². The fourth-order valence-corrected chi connectivity index (χ4v) is 9.28. The van der Waals surface area contributed by atoms with Gasteiger partial charge in [0.1, 0.15) is 11.4 Å². The SMILES string of the molecule is c1ccc(-c2cccc(-c3cccc(-c4cccc(-c5cccc([NH+]6c7ccccc7-c7c6cc6c8c7c7ccccc7n8-c7ccccc7O6)c5)c4)c3)c2)cc1. The lowest BCUT2D eigenvalue weighted by atomic mass is 9.95. The number of aromatic nitrogens is 1. The van der Waals surface area contributed by atoms with Crippen LogP contribution in [0.1, 0.15) is 0 Å². The van der Waals surface area contributed by atoms with Crippen molar-refractivity contribution in [1.29, 1.82) is 0 Å². The Hall–Kier alpha value is -7.46. The predicted octanol–water partition coefficient (Wildman–Crippen LogP) is 13.7. The van der Waals surface area contributed by atoms with Crippen molar-refractivity contribution in [2.24, 2.45) is 0 Å². The smallest absolute Gasteiger partial charge is 0.158 e. The molecule has 3 heteroatoms. The van der Waals surface area contributed by atoms with Crippen LogP contribution in [-0.4, -0.2) is 4.57 Å². The van der Waals surface area contributed by atoms with Crippen molar-refractivity contribution in [1.82, 2.24) is 4.57 Å². The van der Waals surface area contributed by atoms with Crippen molar-refractivity contribution in [2.75, 3.05) is 0 Å². The zero-order valence-corrected chi connectivity index (χ0v) is 31.0. The first-order valence-electron chi connectivity index (χ1n) is 19.6. The van der Waals surface area contributed by atoms with E-state index in [1.165, 1.54) is 93.9 Å². The van der Waals surface area contributed by atoms with Crippen LogP contribution in [-0.2, 0) is 0 Å². The second kappa shape index (κ2) is 12.5. The third-order valence-corrected chi connectivity index (χ3v) is 11.8. The Morgan fingerprint density at radius 1 is 0.386 bits per heavy atom. The lowest BCUT2D eigenvalue weighted by Crippen LogP contribution is -2.95. The molecule has 3 heterocycles. The molecule has 0 saturated carbocycles. The molecule has 0 saturated heterocycles. The van der Waals surface area contributed by atoms with Gasteiger partial charge in [-0.05, 0) is 93.0 Å². The number of para-hydroxylation sites is 4. The first kappa shape index (κ1) is 31.8. The fraction of sp³-hybridized carbons (Fsp3) is 0. The first-order chi connectivity index (χ1) is 28.3. The van der Waals surface area contributed by atoms with Crippen LogP contribution >= 0.6 is 0 Å². The van der Waals surface area contributed by atoms with E-state index in [9.17, 15) is 0 Å². The van der Waals surface area contributed by atoms with Gasteiger partial charge in [-0.3, -0.25) is 0 Å². The number of hydrogen-bond donors (Lipinski definition) is 1. The van der Waals surface area contributed by atoms with Crippen LogP contribution in [0.15, 0.2) is 206 Å². The molecule has 2 aliphatic rings. The lowest BCUT2D eigenvalue weighted by molar-refractivity contribution is -0.677. The standard InChI is InChI=1S/C54H34N2O/c1-2-14-35(15-3-1)36-16-10-17-37(30-36)38-18-11-19-39(31-38)40-20-12-21-41(32-40)42-22-13-23-43(33-42)55-46-26-6-4-24-44(46)52-49(55)34-51-54-53(52)45-25-5-7-27-47(45)56(54)48-28-8-9-29-50(48)57-51/h1-34H/p+1. The summed E-state index contributed by atoms with van der Waals surface area (Å²) < 4.78 is 9.16. The van der Waals surface area contributed by atoms with Crippen LogP contribution in [0.25, 0.3) is 83.1 Å². The second-order valence-electron chi connectivity index (χ2n) is 15.1. The van der Waals surface area contributed by atoms with Gasteiger partial charge in [0, 0.05) is 29.0 Å². The summed E-state index contributed by atoms with van der Waals surface area (Å²) in [5, 5.41) is 2.48. The summed E-state index contributed by atoms with van der Waals surface area (Å²) in [6.45, 7) is 0. The normalized spacial score (nSPS) is 13.6. The largest absolute Gasteiger partial charge is 0.453 e. The van der Waals surface area contributed by atoms with Gasteiger partial charge in [0.15, 0.2) is 17.2 Å². The third-order valence-electron chi connectivity index (χ3n) is 11.8. The van der Waals surface area contributed by atoms with Crippen molar-refractivity contribution >= 4 is 38.9 Å². The van der Waals surface area contributed by atoms with Crippen LogP contribution in [0, 0.1) is 0 Å². The first-order valence-corrected chi connectivity index (χ1v) is 19.6. The number of nitrogens with one attached hydrogen (secondary N) is 1. The Morgan fingerprint density at radius 2 is 0.930 bits per heavy atom. The molecular formula is C54H35N2O+. The Bertz CT molecular complexity index is 3230. The van der Waals surface area contributed by atoms with Crippen LogP contribution in [0.3, 0.4) is 0 Å². The molecule has 2 aliphatic heterocycles. The maximum absolute atomic E-state index is 6.76. The molecule has 9 aromatic carbocycles. The highest BCUT2D eigenvalue weighted by molar-refractivity contribution is 6.21. The molecule has 0 bridgehead atoms. The second-order valence-corrected chi connectivity index (χ2v) is 15.1. The molecule has 0 radical (unpaired) electrons. The summed E-state index contributed by atoms with van der Waals surface area (Å²) >= 11 is 0. The minimum Gasteiger partial charge on any atom is -0.453 e. The predicted molar refractivity (Wildman–Crippen MR) is 234 cm³/mol. The van der Waals surface area contributed by atoms with E-state index < -0.39 is 0 Å². The molecular weight excluding hydrogens is 693 g/mol. The quantitative estimate of drug-likeness (QED) is 0.187. The van der Waals surface area contributed by atoms with Gasteiger partial charge in [-0.2, -0.15) is 0 Å². The molecule has 3 nitrogen and oxygen atoms in total. The van der Waals surface area contributed by atoms with Gasteiger partial charge in [0.05, 0.1) is 27.8 Å². The van der Waals surface area contributed by atoms with E-state index in [1.807, 2.05) is 0 Å². The van der Waals surface area contributed by atoms with Crippen LogP contribution in [0.5, 0.6) is 11.5 Å². The minimum atomic E-state index is 0.873. The van der Waals surface area contributed by atoms with Crippen molar-refractivity contribution in [2.45, 2.75) is 0 Å². The monoisotopic (exact) mass is 727 g/mol. The van der Waals surface area contributed by atoms with Crippen LogP contribution in [0.2, 0.25) is 0 Å². The topological polar surface area (TPSA) is 18.6 Å². The van der Waals surface area contributed by atoms with E-state index in [-0.39, 0.29) is 0 Å². The number of benzene rings is 9. The number of quaternary nitrogens is 1. The van der Waals surface area contributed by atoms with E-state index in [2.05, 4.69) is 211 Å². The van der Waals surface area contributed by atoms with E-state index in [1.54, 1.807) is 0 Å². The molecule has 57 heavy (non-hydrogen) atoms. The summed E-state index contributed by atoms with van der Waals surface area (Å²) in [6, 6.07) is 74.7. The molecule has 1 N–H and O–H groups in total. The van der Waals surface area contributed by atoms with E-state index in [0.29, 0.717) is 0 Å².